The summed E-state index contributed by atoms with van der Waals surface area (Å²) in [6, 6.07) is 5.70. The summed E-state index contributed by atoms with van der Waals surface area (Å²) in [5, 5.41) is 3.96. The zero-order chi connectivity index (χ0) is 12.7. The predicted molar refractivity (Wildman–Crippen MR) is 77.0 cm³/mol. The first-order valence-electron chi connectivity index (χ1n) is 5.99. The topological polar surface area (TPSA) is 21.3 Å². The van der Waals surface area contributed by atoms with E-state index in [9.17, 15) is 0 Å². The molecule has 96 valence electrons. The number of halogens is 2. The van der Waals surface area contributed by atoms with Crippen molar-refractivity contribution in [2.24, 2.45) is 0 Å². The number of ether oxygens (including phenoxy) is 1. The monoisotopic (exact) mass is 319 g/mol. The Hall–Kier alpha value is -0.250. The summed E-state index contributed by atoms with van der Waals surface area (Å²) in [5.41, 5.74) is 0. The molecule has 0 aliphatic carbocycles. The predicted octanol–water partition coefficient (Wildman–Crippen LogP) is 4.26. The Morgan fingerprint density at radius 2 is 2.18 bits per heavy atom. The molecule has 0 spiro atoms. The lowest BCUT2D eigenvalue weighted by molar-refractivity contribution is 0.187. The highest BCUT2D eigenvalue weighted by Gasteiger charge is 2.11. The number of likely N-dealkylation sites (N-methyl/N-ethyl adjacent to an activating group) is 1. The highest BCUT2D eigenvalue weighted by molar-refractivity contribution is 9.10. The standard InChI is InChI=1S/C13H19BrClNO/c1-3-5-11(9-16-4-2)17-13-7-6-10(14)8-12(13)15/h6-8,11,16H,3-5,9H2,1-2H3. The molecule has 0 heterocycles. The van der Waals surface area contributed by atoms with Gasteiger partial charge in [0.25, 0.3) is 0 Å². The fraction of sp³-hybridized carbons (Fsp3) is 0.538. The van der Waals surface area contributed by atoms with Crippen LogP contribution in [0, 0.1) is 0 Å². The number of rotatable bonds is 7. The molecule has 4 heteroatoms. The first-order valence-corrected chi connectivity index (χ1v) is 7.16. The first-order chi connectivity index (χ1) is 8.17. The maximum Gasteiger partial charge on any atom is 0.138 e. The van der Waals surface area contributed by atoms with Gasteiger partial charge in [-0.3, -0.25) is 0 Å². The van der Waals surface area contributed by atoms with E-state index >= 15 is 0 Å². The van der Waals surface area contributed by atoms with Crippen LogP contribution in [0.25, 0.3) is 0 Å². The van der Waals surface area contributed by atoms with Gasteiger partial charge in [0, 0.05) is 11.0 Å². The van der Waals surface area contributed by atoms with Gasteiger partial charge in [0.2, 0.25) is 0 Å². The van der Waals surface area contributed by atoms with Gasteiger partial charge in [-0.1, -0.05) is 47.8 Å². The molecule has 0 saturated carbocycles. The van der Waals surface area contributed by atoms with E-state index in [0.717, 1.165) is 36.2 Å². The van der Waals surface area contributed by atoms with Crippen LogP contribution in [0.2, 0.25) is 5.02 Å². The third kappa shape index (κ3) is 5.28. The van der Waals surface area contributed by atoms with Gasteiger partial charge in [-0.2, -0.15) is 0 Å². The van der Waals surface area contributed by atoms with E-state index in [2.05, 4.69) is 35.1 Å². The van der Waals surface area contributed by atoms with Crippen LogP contribution in [0.1, 0.15) is 26.7 Å². The SMILES string of the molecule is CCCC(CNCC)Oc1ccc(Br)cc1Cl. The minimum Gasteiger partial charge on any atom is -0.488 e. The van der Waals surface area contributed by atoms with Crippen molar-refractivity contribution in [3.63, 3.8) is 0 Å². The molecule has 0 aliphatic heterocycles. The van der Waals surface area contributed by atoms with Gasteiger partial charge in [-0.15, -0.1) is 0 Å². The Kier molecular flexibility index (Phi) is 6.93. The molecule has 0 bridgehead atoms. The van der Waals surface area contributed by atoms with Crippen molar-refractivity contribution in [1.29, 1.82) is 0 Å². The summed E-state index contributed by atoms with van der Waals surface area (Å²) in [5.74, 6) is 0.756. The van der Waals surface area contributed by atoms with Crippen LogP contribution in [0.5, 0.6) is 5.75 Å². The Morgan fingerprint density at radius 1 is 1.41 bits per heavy atom. The van der Waals surface area contributed by atoms with Crippen molar-refractivity contribution in [2.75, 3.05) is 13.1 Å². The van der Waals surface area contributed by atoms with Crippen molar-refractivity contribution in [1.82, 2.24) is 5.32 Å². The maximum atomic E-state index is 6.13. The molecule has 0 radical (unpaired) electrons. The molecule has 0 aliphatic rings. The average molecular weight is 321 g/mol. The van der Waals surface area contributed by atoms with Crippen LogP contribution in [0.4, 0.5) is 0 Å². The minimum atomic E-state index is 0.179. The van der Waals surface area contributed by atoms with Crippen LogP contribution in [0.3, 0.4) is 0 Å². The van der Waals surface area contributed by atoms with Crippen LogP contribution in [-0.4, -0.2) is 19.2 Å². The van der Waals surface area contributed by atoms with Gasteiger partial charge in [0.1, 0.15) is 11.9 Å². The van der Waals surface area contributed by atoms with Gasteiger partial charge in [-0.05, 0) is 31.2 Å². The Morgan fingerprint density at radius 3 is 2.76 bits per heavy atom. The highest BCUT2D eigenvalue weighted by atomic mass is 79.9. The van der Waals surface area contributed by atoms with E-state index < -0.39 is 0 Å². The quantitative estimate of drug-likeness (QED) is 0.810. The zero-order valence-corrected chi connectivity index (χ0v) is 12.6. The van der Waals surface area contributed by atoms with Crippen molar-refractivity contribution in [3.05, 3.63) is 27.7 Å². The average Bonchev–Trinajstić information content (AvgIpc) is 2.29. The largest absolute Gasteiger partial charge is 0.488 e. The molecule has 0 amide bonds. The van der Waals surface area contributed by atoms with E-state index in [1.54, 1.807) is 0 Å². The lowest BCUT2D eigenvalue weighted by Crippen LogP contribution is -2.31. The van der Waals surface area contributed by atoms with E-state index in [-0.39, 0.29) is 6.10 Å². The molecule has 1 rings (SSSR count). The second-order valence-corrected chi connectivity index (χ2v) is 5.23. The third-order valence-corrected chi connectivity index (χ3v) is 3.21. The van der Waals surface area contributed by atoms with Gasteiger partial charge >= 0.3 is 0 Å². The highest BCUT2D eigenvalue weighted by Crippen LogP contribution is 2.28. The van der Waals surface area contributed by atoms with E-state index in [4.69, 9.17) is 16.3 Å². The van der Waals surface area contributed by atoms with Gasteiger partial charge < -0.3 is 10.1 Å². The Balaban J connectivity index is 2.64. The summed E-state index contributed by atoms with van der Waals surface area (Å²) in [7, 11) is 0. The molecule has 0 fully saturated rings. The normalized spacial score (nSPS) is 12.5. The zero-order valence-electron chi connectivity index (χ0n) is 10.3. The summed E-state index contributed by atoms with van der Waals surface area (Å²) < 4.78 is 6.89. The summed E-state index contributed by atoms with van der Waals surface area (Å²) in [4.78, 5) is 0. The smallest absolute Gasteiger partial charge is 0.138 e. The molecule has 0 saturated heterocycles. The van der Waals surface area contributed by atoms with Crippen LogP contribution >= 0.6 is 27.5 Å². The molecular weight excluding hydrogens is 302 g/mol. The fourth-order valence-corrected chi connectivity index (χ4v) is 2.30. The fourth-order valence-electron chi connectivity index (χ4n) is 1.58. The van der Waals surface area contributed by atoms with Gasteiger partial charge in [-0.25, -0.2) is 0 Å². The second-order valence-electron chi connectivity index (χ2n) is 3.91. The van der Waals surface area contributed by atoms with E-state index in [1.807, 2.05) is 18.2 Å². The molecule has 1 aromatic carbocycles. The first kappa shape index (κ1) is 14.8. The number of hydrogen-bond acceptors (Lipinski definition) is 2. The van der Waals surface area contributed by atoms with E-state index in [0.29, 0.717) is 5.02 Å². The van der Waals surface area contributed by atoms with Crippen molar-refractivity contribution in [2.45, 2.75) is 32.8 Å². The van der Waals surface area contributed by atoms with Crippen molar-refractivity contribution < 1.29 is 4.74 Å². The van der Waals surface area contributed by atoms with Gasteiger partial charge in [0.15, 0.2) is 0 Å². The molecule has 1 atom stereocenters. The van der Waals surface area contributed by atoms with Crippen LogP contribution in [0.15, 0.2) is 22.7 Å². The third-order valence-electron chi connectivity index (χ3n) is 2.42. The van der Waals surface area contributed by atoms with Crippen LogP contribution < -0.4 is 10.1 Å². The lowest BCUT2D eigenvalue weighted by Gasteiger charge is -2.19. The van der Waals surface area contributed by atoms with E-state index in [1.165, 1.54) is 0 Å². The molecule has 2 nitrogen and oxygen atoms in total. The second kappa shape index (κ2) is 7.96. The number of nitrogens with one attached hydrogen (secondary N) is 1. The summed E-state index contributed by atoms with van der Waals surface area (Å²) >= 11 is 9.52. The summed E-state index contributed by atoms with van der Waals surface area (Å²) in [6.07, 6.45) is 2.31. The molecule has 0 aromatic heterocycles. The molecule has 17 heavy (non-hydrogen) atoms. The van der Waals surface area contributed by atoms with Crippen molar-refractivity contribution >= 4 is 27.5 Å². The maximum absolute atomic E-state index is 6.13. The number of benzene rings is 1. The summed E-state index contributed by atoms with van der Waals surface area (Å²) in [6.45, 7) is 6.06. The Labute approximate surface area is 117 Å². The molecule has 1 unspecified atom stereocenters. The van der Waals surface area contributed by atoms with Gasteiger partial charge in [0.05, 0.1) is 5.02 Å². The molecule has 1 aromatic rings. The Bertz CT molecular complexity index is 346. The lowest BCUT2D eigenvalue weighted by atomic mass is 10.2. The molecular formula is C13H19BrClNO. The minimum absolute atomic E-state index is 0.179. The van der Waals surface area contributed by atoms with Crippen LogP contribution in [-0.2, 0) is 0 Å². The number of hydrogen-bond donors (Lipinski definition) is 1. The van der Waals surface area contributed by atoms with Crippen molar-refractivity contribution in [3.8, 4) is 5.75 Å². The molecule has 1 N–H and O–H groups in total.